The number of fused-ring (bicyclic) bond motifs is 1. The summed E-state index contributed by atoms with van der Waals surface area (Å²) < 4.78 is 44.1. The van der Waals surface area contributed by atoms with Crippen LogP contribution in [0.2, 0.25) is 0 Å². The van der Waals surface area contributed by atoms with Gasteiger partial charge in [-0.1, -0.05) is 0 Å². The maximum absolute atomic E-state index is 12.9. The molecule has 0 spiro atoms. The molecule has 0 radical (unpaired) electrons. The molecule has 0 bridgehead atoms. The summed E-state index contributed by atoms with van der Waals surface area (Å²) in [6.45, 7) is 0.208. The topological polar surface area (TPSA) is 69.1 Å². The van der Waals surface area contributed by atoms with Crippen molar-refractivity contribution < 1.29 is 18.0 Å². The molecule has 0 atom stereocenters. The second kappa shape index (κ2) is 6.33. The summed E-state index contributed by atoms with van der Waals surface area (Å²) in [5.41, 5.74) is 8.96. The number of carbonyl (C=O) groups is 1. The van der Waals surface area contributed by atoms with Crippen molar-refractivity contribution in [3.8, 4) is 0 Å². The predicted molar refractivity (Wildman–Crippen MR) is 89.6 cm³/mol. The van der Waals surface area contributed by atoms with Crippen molar-refractivity contribution in [1.82, 2.24) is 3.11 Å². The van der Waals surface area contributed by atoms with Crippen molar-refractivity contribution in [2.75, 3.05) is 0 Å². The fourth-order valence-electron chi connectivity index (χ4n) is 2.30. The minimum absolute atomic E-state index is 0.191. The molecule has 24 heavy (non-hydrogen) atoms. The van der Waals surface area contributed by atoms with Gasteiger partial charge in [-0.15, -0.1) is 0 Å². The van der Waals surface area contributed by atoms with Crippen molar-refractivity contribution >= 4 is 26.3 Å². The van der Waals surface area contributed by atoms with Crippen LogP contribution >= 0.6 is 20.4 Å². The van der Waals surface area contributed by atoms with Gasteiger partial charge in [-0.05, 0) is 0 Å². The van der Waals surface area contributed by atoms with Crippen molar-refractivity contribution in [2.45, 2.75) is 12.7 Å². The van der Waals surface area contributed by atoms with E-state index in [9.17, 15) is 18.0 Å². The number of hydrogen-bond donors (Lipinski definition) is 0. The van der Waals surface area contributed by atoms with E-state index in [2.05, 4.69) is 8.24 Å². The second-order valence-corrected chi connectivity index (χ2v) is 9.07. The van der Waals surface area contributed by atoms with Crippen LogP contribution in [0.25, 0.3) is 10.4 Å². The van der Waals surface area contributed by atoms with E-state index in [4.69, 9.17) is 5.53 Å². The van der Waals surface area contributed by atoms with Crippen molar-refractivity contribution in [2.24, 2.45) is 3.33 Å². The third-order valence-corrected chi connectivity index (χ3v) is 7.81. The molecule has 0 aliphatic carbocycles. The first-order chi connectivity index (χ1) is 11.4. The average Bonchev–Trinajstić information content (AvgIpc) is 2.81. The molecule has 0 N–H and O–H groups in total. The van der Waals surface area contributed by atoms with Gasteiger partial charge in [0.1, 0.15) is 0 Å². The van der Waals surface area contributed by atoms with Crippen LogP contribution in [0.4, 0.5) is 13.2 Å². The van der Waals surface area contributed by atoms with Gasteiger partial charge in [0.25, 0.3) is 0 Å². The number of carbonyl (C=O) groups excluding carboxylic acids is 1. The van der Waals surface area contributed by atoms with Crippen LogP contribution in [-0.4, -0.2) is 9.02 Å². The first-order valence-electron chi connectivity index (χ1n) is 6.74. The van der Waals surface area contributed by atoms with Crippen LogP contribution in [0, 0.1) is 3.57 Å². The number of azide groups is 1. The Morgan fingerprint density at radius 1 is 1.17 bits per heavy atom. The van der Waals surface area contributed by atoms with Gasteiger partial charge in [-0.25, -0.2) is 0 Å². The summed E-state index contributed by atoms with van der Waals surface area (Å²) in [7, 11) is 0. The zero-order chi connectivity index (χ0) is 17.3. The van der Waals surface area contributed by atoms with E-state index in [0.29, 0.717) is 0 Å². The van der Waals surface area contributed by atoms with Crippen LogP contribution in [0.5, 0.6) is 0 Å². The standard InChI is InChI=1S/C15H10F3IN4O/c16-15(17,18)11-6-7-12-13(8-11)19(21-22-20)23(14(12)24)9-10-4-2-1-3-5-10/h1-8H,9H2. The van der Waals surface area contributed by atoms with Gasteiger partial charge in [0, 0.05) is 0 Å². The van der Waals surface area contributed by atoms with E-state index in [1.54, 1.807) is 12.1 Å². The molecule has 9 heteroatoms. The van der Waals surface area contributed by atoms with Crippen molar-refractivity contribution in [3.05, 3.63) is 79.2 Å². The summed E-state index contributed by atoms with van der Waals surface area (Å²) in [6, 6.07) is 12.0. The van der Waals surface area contributed by atoms with Gasteiger partial charge in [0.05, 0.1) is 0 Å². The zero-order valence-electron chi connectivity index (χ0n) is 12.0. The second-order valence-electron chi connectivity index (χ2n) is 4.91. The molecule has 1 heterocycles. The van der Waals surface area contributed by atoms with Gasteiger partial charge in [-0.2, -0.15) is 0 Å². The quantitative estimate of drug-likeness (QED) is 0.211. The van der Waals surface area contributed by atoms with Crippen LogP contribution in [0.3, 0.4) is 0 Å². The van der Waals surface area contributed by atoms with Crippen LogP contribution in [0.1, 0.15) is 21.5 Å². The molecule has 0 saturated carbocycles. The van der Waals surface area contributed by atoms with E-state index < -0.39 is 32.1 Å². The Morgan fingerprint density at radius 2 is 1.88 bits per heavy atom. The molecule has 0 fully saturated rings. The number of nitrogens with zero attached hydrogens (tertiary/aromatic N) is 4. The third-order valence-electron chi connectivity index (χ3n) is 3.39. The first-order valence-corrected chi connectivity index (χ1v) is 9.75. The minimum atomic E-state index is -4.51. The Labute approximate surface area is 142 Å². The van der Waals surface area contributed by atoms with E-state index in [0.717, 1.165) is 17.7 Å². The Kier molecular flexibility index (Phi) is 4.37. The number of benzene rings is 2. The summed E-state index contributed by atoms with van der Waals surface area (Å²) in [6.07, 6.45) is -4.51. The van der Waals surface area contributed by atoms with Gasteiger partial charge in [0.2, 0.25) is 0 Å². The van der Waals surface area contributed by atoms with Gasteiger partial charge in [-0.3, -0.25) is 0 Å². The first kappa shape index (κ1) is 16.6. The van der Waals surface area contributed by atoms with E-state index in [1.807, 2.05) is 18.2 Å². The van der Waals surface area contributed by atoms with E-state index >= 15 is 0 Å². The Morgan fingerprint density at radius 3 is 2.50 bits per heavy atom. The molecule has 1 amide bonds. The molecule has 2 aromatic carbocycles. The van der Waals surface area contributed by atoms with Gasteiger partial charge in [0.15, 0.2) is 0 Å². The summed E-state index contributed by atoms with van der Waals surface area (Å²) >= 11 is -2.94. The molecule has 1 aliphatic heterocycles. The van der Waals surface area contributed by atoms with Crippen molar-refractivity contribution in [3.63, 3.8) is 0 Å². The number of alkyl halides is 3. The molecule has 5 nitrogen and oxygen atoms in total. The Bertz CT molecular complexity index is 834. The van der Waals surface area contributed by atoms with Gasteiger partial charge >= 0.3 is 143 Å². The molecule has 1 aliphatic rings. The Balaban J connectivity index is 2.03. The van der Waals surface area contributed by atoms with Crippen LogP contribution in [-0.2, 0) is 12.7 Å². The van der Waals surface area contributed by atoms with E-state index in [1.165, 1.54) is 9.18 Å². The fraction of sp³-hybridized carbons (Fsp3) is 0.133. The van der Waals surface area contributed by atoms with Crippen molar-refractivity contribution in [1.29, 1.82) is 0 Å². The molecule has 124 valence electrons. The van der Waals surface area contributed by atoms with E-state index in [-0.39, 0.29) is 21.6 Å². The predicted octanol–water partition coefficient (Wildman–Crippen LogP) is 5.18. The number of amides is 1. The molecule has 0 unspecified atom stereocenters. The Hall–Kier alpha value is -2.26. The monoisotopic (exact) mass is 446 g/mol. The molecular weight excluding hydrogens is 436 g/mol. The SMILES string of the molecule is [N-]=[N+]=NI1c2cc(C(F)(F)F)ccc2C(=O)N1Cc1ccccc1. The normalized spacial score (nSPS) is 15.2. The molecule has 2 aromatic rings. The summed E-state index contributed by atoms with van der Waals surface area (Å²) in [4.78, 5) is 15.3. The summed E-state index contributed by atoms with van der Waals surface area (Å²) in [5, 5.41) is 0. The number of halogens is 4. The number of rotatable bonds is 3. The third kappa shape index (κ3) is 3.04. The fourth-order valence-corrected chi connectivity index (χ4v) is 6.52. The average molecular weight is 446 g/mol. The summed E-state index contributed by atoms with van der Waals surface area (Å²) in [5.74, 6) is -0.389. The molecule has 3 rings (SSSR count). The zero-order valence-corrected chi connectivity index (χ0v) is 14.2. The van der Waals surface area contributed by atoms with Crippen LogP contribution < -0.4 is 0 Å². The molecular formula is C15H10F3IN4O. The molecule has 0 aromatic heterocycles. The maximum atomic E-state index is 12.9. The van der Waals surface area contributed by atoms with Gasteiger partial charge < -0.3 is 0 Å². The number of hydrogen-bond acceptors (Lipinski definition) is 2. The van der Waals surface area contributed by atoms with Crippen LogP contribution in [0.15, 0.2) is 51.9 Å². The molecule has 0 saturated heterocycles.